The van der Waals surface area contributed by atoms with Gasteiger partial charge in [-0.25, -0.2) is 18.9 Å². The van der Waals surface area contributed by atoms with Gasteiger partial charge in [-0.05, 0) is 212 Å². The van der Waals surface area contributed by atoms with Gasteiger partial charge in [-0.3, -0.25) is 9.35 Å². The van der Waals surface area contributed by atoms with Gasteiger partial charge in [-0.2, -0.15) is 8.42 Å². The Morgan fingerprint density at radius 3 is 1.87 bits per heavy atom. The summed E-state index contributed by atoms with van der Waals surface area (Å²) in [4.78, 5) is 37.2. The lowest BCUT2D eigenvalue weighted by molar-refractivity contribution is -0.120. The molecule has 0 aliphatic carbocycles. The maximum Gasteiger partial charge on any atom is 0.397 e. The maximum atomic E-state index is 14.2. The Kier molecular flexibility index (Phi) is 46.6. The standard InChI is InChI=1S/C79H140N4O22S2/c1-50-33-36-64(91)41-59(86)25-17-24-57(84)23-16-15-21-52(3)77(105-107(98,99)100)76(56(7)103-79(97)69-48-102-74(81-69)31-20-30-60(87)40-58(85)26-19-29-63(90)45-68(101-8)37-34-50)83-78(96)54(5)39-53(4)71(95)46-66(93)43-62(89)28-18-27-61(88)42-65(92)44-67(94)47-73-51(2)35-38-72(104-73)70-49-106-75(82-70)32-14-12-10-9-11-13-22-55(6)80/h34,37,39,48-53,55-68,71-73,76-77,84-95H,9-33,35-36,38,40-47,80H2,1-8H3,(H,83,96)(H,98,99,100)/b37-34?,54-39+. The highest BCUT2D eigenvalue weighted by Gasteiger charge is 2.40. The second-order valence-corrected chi connectivity index (χ2v) is 33.8. The van der Waals surface area contributed by atoms with Gasteiger partial charge >= 0.3 is 16.4 Å². The van der Waals surface area contributed by atoms with Crippen molar-refractivity contribution in [3.8, 4) is 0 Å². The van der Waals surface area contributed by atoms with Crippen LogP contribution >= 0.6 is 11.3 Å². The van der Waals surface area contributed by atoms with Crippen LogP contribution in [0.15, 0.2) is 39.9 Å². The van der Waals surface area contributed by atoms with Crippen LogP contribution in [0.25, 0.3) is 0 Å². The van der Waals surface area contributed by atoms with Crippen LogP contribution in [0.4, 0.5) is 0 Å². The summed E-state index contributed by atoms with van der Waals surface area (Å²) in [5.41, 5.74) is 6.57. The molecule has 26 nitrogen and oxygen atoms in total. The third kappa shape index (κ3) is 41.2. The maximum absolute atomic E-state index is 14.2. The minimum absolute atomic E-state index is 0.0190. The van der Waals surface area contributed by atoms with Gasteiger partial charge in [0.05, 0.1) is 102 Å². The van der Waals surface area contributed by atoms with Crippen molar-refractivity contribution >= 4 is 33.6 Å². The number of esters is 1. The van der Waals surface area contributed by atoms with Crippen LogP contribution in [0.2, 0.25) is 0 Å². The SMILES string of the molecule is COC1C=CC(C)CCC(O)CC(O)CCCC(O)CCCCC(C)C(OS(=O)(=O)O)C(NC(=O)/C(C)=C/C(C)C(O)CC(O)CC(O)CCCC(O)CC(O)CC(O)CC2OC(c3csc(CCCCCCCCC(C)N)n3)CCC2C)C(C)OC(=O)c2coc(n2)CCCC(O)CC(O)CCCC(O)C1. The van der Waals surface area contributed by atoms with E-state index in [0.717, 1.165) is 49.1 Å². The van der Waals surface area contributed by atoms with Crippen molar-refractivity contribution in [1.29, 1.82) is 0 Å². The molecule has 23 atom stereocenters. The van der Waals surface area contributed by atoms with Crippen molar-refractivity contribution in [1.82, 2.24) is 15.3 Å². The molecule has 23 unspecified atom stereocenters. The molecule has 107 heavy (non-hydrogen) atoms. The van der Waals surface area contributed by atoms with E-state index in [0.29, 0.717) is 96.3 Å². The third-order valence-corrected chi connectivity index (χ3v) is 22.7. The number of rotatable bonds is 31. The topological polar surface area (TPSA) is 445 Å². The number of fused-ring (bicyclic) bond motifs is 2. The number of carbonyl (C=O) groups is 2. The number of methoxy groups -OCH3 is 1. The number of ether oxygens (including phenoxy) is 3. The van der Waals surface area contributed by atoms with Gasteiger partial charge in [-0.15, -0.1) is 11.3 Å². The van der Waals surface area contributed by atoms with Crippen molar-refractivity contribution < 1.29 is 107 Å². The summed E-state index contributed by atoms with van der Waals surface area (Å²) >= 11 is 1.67. The Labute approximate surface area is 642 Å². The zero-order valence-corrected chi connectivity index (χ0v) is 67.0. The predicted molar refractivity (Wildman–Crippen MR) is 410 cm³/mol. The van der Waals surface area contributed by atoms with Gasteiger partial charge in [0, 0.05) is 42.9 Å². The number of hydrogen-bond donors (Lipinski definition) is 15. The number of aliphatic hydroxyl groups excluding tert-OH is 12. The number of thiazole rings is 1. The summed E-state index contributed by atoms with van der Waals surface area (Å²) in [5.74, 6) is -2.94. The van der Waals surface area contributed by atoms with Gasteiger partial charge in [0.2, 0.25) is 5.91 Å². The monoisotopic (exact) mass is 1560 g/mol. The Morgan fingerprint density at radius 2 is 1.23 bits per heavy atom. The van der Waals surface area contributed by atoms with Crippen LogP contribution in [-0.2, 0) is 46.4 Å². The van der Waals surface area contributed by atoms with E-state index in [1.54, 1.807) is 32.3 Å². The molecule has 4 heterocycles. The number of unbranched alkanes of at least 4 members (excludes halogenated alkanes) is 5. The van der Waals surface area contributed by atoms with Crippen molar-refractivity contribution in [2.75, 3.05) is 7.11 Å². The molecule has 2 bridgehead atoms. The molecule has 0 radical (unpaired) electrons. The zero-order valence-electron chi connectivity index (χ0n) is 65.4. The summed E-state index contributed by atoms with van der Waals surface area (Å²) < 4.78 is 64.3. The average molecular weight is 1560 g/mol. The Morgan fingerprint density at radius 1 is 0.664 bits per heavy atom. The van der Waals surface area contributed by atoms with E-state index < -0.39 is 126 Å². The fourth-order valence-corrected chi connectivity index (χ4v) is 16.1. The lowest BCUT2D eigenvalue weighted by Gasteiger charge is -2.35. The lowest BCUT2D eigenvalue weighted by Crippen LogP contribution is -2.55. The van der Waals surface area contributed by atoms with E-state index >= 15 is 0 Å². The molecule has 0 aromatic carbocycles. The predicted octanol–water partition coefficient (Wildman–Crippen LogP) is 9.59. The van der Waals surface area contributed by atoms with E-state index in [1.165, 1.54) is 52.0 Å². The molecule has 0 saturated carbocycles. The molecule has 0 spiro atoms. The Bertz CT molecular complexity index is 2890. The number of nitrogens with zero attached hydrogens (tertiary/aromatic N) is 2. The number of allylic oxidation sites excluding steroid dienone is 1. The van der Waals surface area contributed by atoms with Gasteiger partial charge in [0.25, 0.3) is 0 Å². The van der Waals surface area contributed by atoms with Gasteiger partial charge < -0.3 is 91.0 Å². The molecule has 2 aliphatic heterocycles. The highest BCUT2D eigenvalue weighted by atomic mass is 32.3. The van der Waals surface area contributed by atoms with Crippen LogP contribution in [0.1, 0.15) is 300 Å². The summed E-state index contributed by atoms with van der Waals surface area (Å²) in [6.07, 6.45) is 10.1. The Hall–Kier alpha value is -3.47. The average Bonchev–Trinajstić information content (AvgIpc) is 1.73. The van der Waals surface area contributed by atoms with Gasteiger partial charge in [-0.1, -0.05) is 90.9 Å². The summed E-state index contributed by atoms with van der Waals surface area (Å²) in [5, 5.41) is 137. The first-order chi connectivity index (χ1) is 50.7. The molecule has 620 valence electrons. The van der Waals surface area contributed by atoms with E-state index in [1.807, 2.05) is 19.1 Å². The van der Waals surface area contributed by atoms with Crippen molar-refractivity contribution in [3.05, 3.63) is 57.7 Å². The van der Waals surface area contributed by atoms with E-state index in [-0.39, 0.29) is 124 Å². The second kappa shape index (κ2) is 52.0. The van der Waals surface area contributed by atoms with E-state index in [4.69, 9.17) is 33.5 Å². The third-order valence-electron chi connectivity index (χ3n) is 21.3. The molecule has 2 aromatic heterocycles. The van der Waals surface area contributed by atoms with E-state index in [9.17, 15) is 83.8 Å². The minimum Gasteiger partial charge on any atom is -0.456 e. The number of hydrogen-bond acceptors (Lipinski definition) is 25. The van der Waals surface area contributed by atoms with Gasteiger partial charge in [0.1, 0.15) is 24.6 Å². The van der Waals surface area contributed by atoms with E-state index in [2.05, 4.69) is 29.5 Å². The number of amides is 1. The number of aryl methyl sites for hydroxylation is 2. The summed E-state index contributed by atoms with van der Waals surface area (Å²) in [6.45, 7) is 12.2. The summed E-state index contributed by atoms with van der Waals surface area (Å²) in [6, 6.07) is -1.21. The van der Waals surface area contributed by atoms with Gasteiger partial charge in [0.15, 0.2) is 11.6 Å². The normalized spacial score (nSPS) is 29.7. The minimum atomic E-state index is -5.24. The quantitative estimate of drug-likeness (QED) is 0.0110. The number of nitrogens with one attached hydrogen (secondary N) is 1. The number of nitrogens with two attached hydrogens (primary N) is 1. The number of aromatic nitrogens is 2. The highest BCUT2D eigenvalue weighted by molar-refractivity contribution is 7.80. The molecule has 1 saturated heterocycles. The summed E-state index contributed by atoms with van der Waals surface area (Å²) in [7, 11) is -3.68. The van der Waals surface area contributed by atoms with Crippen LogP contribution < -0.4 is 11.1 Å². The first kappa shape index (κ1) is 95.9. The first-order valence-electron chi connectivity index (χ1n) is 40.2. The smallest absolute Gasteiger partial charge is 0.397 e. The van der Waals surface area contributed by atoms with Crippen LogP contribution in [0, 0.1) is 23.7 Å². The van der Waals surface area contributed by atoms with Crippen molar-refractivity contribution in [2.45, 2.75) is 395 Å². The molecule has 2 aromatic rings. The fraction of sp³-hybridized carbons (Fsp3) is 0.848. The molecule has 1 amide bonds. The number of aliphatic hydroxyl groups is 12. The van der Waals surface area contributed by atoms with Crippen LogP contribution in [0.3, 0.4) is 0 Å². The molecular weight excluding hydrogens is 1420 g/mol. The molecule has 16 N–H and O–H groups in total. The molecule has 28 heteroatoms. The van der Waals surface area contributed by atoms with Crippen LogP contribution in [0.5, 0.6) is 0 Å². The van der Waals surface area contributed by atoms with Crippen LogP contribution in [-0.4, -0.2) is 213 Å². The molecule has 1 fully saturated rings. The Balaban J connectivity index is 1.32. The van der Waals surface area contributed by atoms with Crippen molar-refractivity contribution in [3.63, 3.8) is 0 Å². The lowest BCUT2D eigenvalue weighted by atomic mass is 9.88. The fourth-order valence-electron chi connectivity index (χ4n) is 14.6. The zero-order chi connectivity index (χ0) is 79.2. The number of oxazole rings is 1. The molecular formula is C79H140N4O22S2. The highest BCUT2D eigenvalue weighted by Crippen LogP contribution is 2.38. The largest absolute Gasteiger partial charge is 0.456 e. The molecule has 2 aliphatic rings. The number of cyclic esters (lactones) is 1. The first-order valence-corrected chi connectivity index (χ1v) is 42.4. The number of carbonyl (C=O) groups excluding carboxylic acids is 2. The molecule has 4 rings (SSSR count). The second-order valence-electron chi connectivity index (χ2n) is 31.8. The van der Waals surface area contributed by atoms with Crippen molar-refractivity contribution in [2.24, 2.45) is 29.4 Å².